The van der Waals surface area contributed by atoms with E-state index in [-0.39, 0.29) is 18.6 Å². The van der Waals surface area contributed by atoms with Gasteiger partial charge in [0.2, 0.25) is 5.91 Å². The SMILES string of the molecule is CCC(NC(=O)CCCO)c1ncc[nH]1. The summed E-state index contributed by atoms with van der Waals surface area (Å²) in [5.74, 6) is 0.724. The quantitative estimate of drug-likeness (QED) is 0.649. The van der Waals surface area contributed by atoms with Crippen molar-refractivity contribution in [1.82, 2.24) is 15.3 Å². The summed E-state index contributed by atoms with van der Waals surface area (Å²) < 4.78 is 0. The van der Waals surface area contributed by atoms with Crippen molar-refractivity contribution >= 4 is 5.91 Å². The second-order valence-corrected chi connectivity index (χ2v) is 3.33. The van der Waals surface area contributed by atoms with Gasteiger partial charge in [0.15, 0.2) is 0 Å². The van der Waals surface area contributed by atoms with Gasteiger partial charge < -0.3 is 15.4 Å². The second-order valence-electron chi connectivity index (χ2n) is 3.33. The Hall–Kier alpha value is -1.36. The van der Waals surface area contributed by atoms with Crippen LogP contribution < -0.4 is 5.32 Å². The fourth-order valence-electron chi connectivity index (χ4n) is 1.34. The molecule has 1 unspecified atom stereocenters. The number of rotatable bonds is 6. The summed E-state index contributed by atoms with van der Waals surface area (Å²) in [5, 5.41) is 11.5. The van der Waals surface area contributed by atoms with Crippen LogP contribution in [0.25, 0.3) is 0 Å². The molecule has 0 aliphatic carbocycles. The molecule has 0 saturated heterocycles. The molecule has 0 aliphatic heterocycles. The molecule has 0 saturated carbocycles. The molecule has 1 amide bonds. The molecule has 1 aromatic heterocycles. The third kappa shape index (κ3) is 3.71. The Kier molecular flexibility index (Phi) is 4.83. The van der Waals surface area contributed by atoms with Crippen LogP contribution in [0.4, 0.5) is 0 Å². The number of H-pyrrole nitrogens is 1. The molecule has 1 heterocycles. The number of hydrogen-bond donors (Lipinski definition) is 3. The van der Waals surface area contributed by atoms with Gasteiger partial charge in [-0.05, 0) is 12.8 Å². The summed E-state index contributed by atoms with van der Waals surface area (Å²) in [6.07, 6.45) is 5.04. The molecule has 1 atom stereocenters. The normalized spacial score (nSPS) is 12.4. The molecule has 1 aromatic rings. The molecule has 0 radical (unpaired) electrons. The Morgan fingerprint density at radius 2 is 2.53 bits per heavy atom. The lowest BCUT2D eigenvalue weighted by Crippen LogP contribution is -2.28. The Morgan fingerprint density at radius 3 is 3.07 bits per heavy atom. The van der Waals surface area contributed by atoms with Crippen LogP contribution in [0.3, 0.4) is 0 Å². The summed E-state index contributed by atoms with van der Waals surface area (Å²) in [6.45, 7) is 2.03. The average Bonchev–Trinajstić information content (AvgIpc) is 2.76. The van der Waals surface area contributed by atoms with E-state index in [2.05, 4.69) is 15.3 Å². The van der Waals surface area contributed by atoms with Crippen LogP contribution in [0.5, 0.6) is 0 Å². The average molecular weight is 211 g/mol. The predicted molar refractivity (Wildman–Crippen MR) is 56.1 cm³/mol. The lowest BCUT2D eigenvalue weighted by Gasteiger charge is -2.14. The monoisotopic (exact) mass is 211 g/mol. The largest absolute Gasteiger partial charge is 0.396 e. The molecule has 5 heteroatoms. The molecule has 5 nitrogen and oxygen atoms in total. The van der Waals surface area contributed by atoms with Gasteiger partial charge in [-0.2, -0.15) is 0 Å². The summed E-state index contributed by atoms with van der Waals surface area (Å²) in [6, 6.07) is -0.0637. The van der Waals surface area contributed by atoms with Crippen molar-refractivity contribution in [1.29, 1.82) is 0 Å². The van der Waals surface area contributed by atoms with Crippen LogP contribution in [-0.2, 0) is 4.79 Å². The Bertz CT molecular complexity index is 285. The zero-order chi connectivity index (χ0) is 11.1. The molecular formula is C10H17N3O2. The number of carbonyl (C=O) groups is 1. The van der Waals surface area contributed by atoms with Gasteiger partial charge in [-0.25, -0.2) is 4.98 Å². The first kappa shape index (κ1) is 11.7. The molecule has 15 heavy (non-hydrogen) atoms. The molecule has 0 fully saturated rings. The van der Waals surface area contributed by atoms with E-state index < -0.39 is 0 Å². The second kappa shape index (κ2) is 6.19. The fraction of sp³-hybridized carbons (Fsp3) is 0.600. The molecule has 3 N–H and O–H groups in total. The highest BCUT2D eigenvalue weighted by Crippen LogP contribution is 2.11. The smallest absolute Gasteiger partial charge is 0.220 e. The van der Waals surface area contributed by atoms with Crippen molar-refractivity contribution in [2.45, 2.75) is 32.2 Å². The van der Waals surface area contributed by atoms with Crippen molar-refractivity contribution in [3.8, 4) is 0 Å². The zero-order valence-electron chi connectivity index (χ0n) is 8.86. The molecular weight excluding hydrogens is 194 g/mol. The van der Waals surface area contributed by atoms with E-state index >= 15 is 0 Å². The van der Waals surface area contributed by atoms with E-state index in [0.29, 0.717) is 12.8 Å². The van der Waals surface area contributed by atoms with Crippen LogP contribution in [-0.4, -0.2) is 27.6 Å². The number of amides is 1. The van der Waals surface area contributed by atoms with Gasteiger partial charge in [0, 0.05) is 25.4 Å². The van der Waals surface area contributed by atoms with Crippen LogP contribution in [0.1, 0.15) is 38.1 Å². The van der Waals surface area contributed by atoms with Crippen molar-refractivity contribution in [3.63, 3.8) is 0 Å². The standard InChI is InChI=1S/C10H17N3O2/c1-2-8(10-11-5-6-12-10)13-9(15)4-3-7-14/h5-6,8,14H,2-4,7H2,1H3,(H,11,12)(H,13,15). The van der Waals surface area contributed by atoms with E-state index in [1.54, 1.807) is 12.4 Å². The third-order valence-corrected chi connectivity index (χ3v) is 2.15. The maximum Gasteiger partial charge on any atom is 0.220 e. The van der Waals surface area contributed by atoms with E-state index in [4.69, 9.17) is 5.11 Å². The van der Waals surface area contributed by atoms with Crippen LogP contribution in [0, 0.1) is 0 Å². The highest BCUT2D eigenvalue weighted by molar-refractivity contribution is 5.76. The molecule has 0 aliphatic rings. The lowest BCUT2D eigenvalue weighted by atomic mass is 10.2. The van der Waals surface area contributed by atoms with Crippen molar-refractivity contribution in [2.75, 3.05) is 6.61 Å². The Labute approximate surface area is 88.9 Å². The first-order valence-corrected chi connectivity index (χ1v) is 5.17. The number of imidazole rings is 1. The fourth-order valence-corrected chi connectivity index (χ4v) is 1.34. The van der Waals surface area contributed by atoms with Gasteiger partial charge in [-0.15, -0.1) is 0 Å². The number of carbonyl (C=O) groups excluding carboxylic acids is 1. The van der Waals surface area contributed by atoms with E-state index in [0.717, 1.165) is 12.2 Å². The van der Waals surface area contributed by atoms with E-state index in [1.165, 1.54) is 0 Å². The third-order valence-electron chi connectivity index (χ3n) is 2.15. The minimum Gasteiger partial charge on any atom is -0.396 e. The molecule has 0 bridgehead atoms. The molecule has 84 valence electrons. The highest BCUT2D eigenvalue weighted by Gasteiger charge is 2.13. The molecule has 0 aromatic carbocycles. The minimum absolute atomic E-state index is 0.0466. The number of nitrogens with zero attached hydrogens (tertiary/aromatic N) is 1. The van der Waals surface area contributed by atoms with Crippen molar-refractivity contribution in [2.24, 2.45) is 0 Å². The van der Waals surface area contributed by atoms with Gasteiger partial charge in [0.25, 0.3) is 0 Å². The first-order valence-electron chi connectivity index (χ1n) is 5.17. The number of aromatic nitrogens is 2. The van der Waals surface area contributed by atoms with Crippen molar-refractivity contribution < 1.29 is 9.90 Å². The van der Waals surface area contributed by atoms with Crippen LogP contribution in [0.2, 0.25) is 0 Å². The summed E-state index contributed by atoms with van der Waals surface area (Å²) >= 11 is 0. The number of nitrogens with one attached hydrogen (secondary N) is 2. The van der Waals surface area contributed by atoms with Crippen LogP contribution >= 0.6 is 0 Å². The summed E-state index contributed by atoms with van der Waals surface area (Å²) in [5.41, 5.74) is 0. The number of aromatic amines is 1. The van der Waals surface area contributed by atoms with Gasteiger partial charge in [-0.1, -0.05) is 6.92 Å². The van der Waals surface area contributed by atoms with Gasteiger partial charge in [0.1, 0.15) is 5.82 Å². The Morgan fingerprint density at radius 1 is 1.73 bits per heavy atom. The topological polar surface area (TPSA) is 78.0 Å². The zero-order valence-corrected chi connectivity index (χ0v) is 8.86. The van der Waals surface area contributed by atoms with Gasteiger partial charge in [0.05, 0.1) is 6.04 Å². The summed E-state index contributed by atoms with van der Waals surface area (Å²) in [7, 11) is 0. The van der Waals surface area contributed by atoms with Gasteiger partial charge >= 0.3 is 0 Å². The van der Waals surface area contributed by atoms with Crippen molar-refractivity contribution in [3.05, 3.63) is 18.2 Å². The van der Waals surface area contributed by atoms with Crippen LogP contribution in [0.15, 0.2) is 12.4 Å². The molecule has 1 rings (SSSR count). The lowest BCUT2D eigenvalue weighted by molar-refractivity contribution is -0.122. The maximum absolute atomic E-state index is 11.4. The van der Waals surface area contributed by atoms with E-state index in [1.807, 2.05) is 6.92 Å². The first-order chi connectivity index (χ1) is 7.27. The Balaban J connectivity index is 2.44. The highest BCUT2D eigenvalue weighted by atomic mass is 16.3. The number of aliphatic hydroxyl groups is 1. The minimum atomic E-state index is -0.0637. The maximum atomic E-state index is 11.4. The number of aliphatic hydroxyl groups excluding tert-OH is 1. The molecule has 0 spiro atoms. The predicted octanol–water partition coefficient (Wildman–Crippen LogP) is 0.749. The number of hydrogen-bond acceptors (Lipinski definition) is 3. The van der Waals surface area contributed by atoms with Gasteiger partial charge in [-0.3, -0.25) is 4.79 Å². The van der Waals surface area contributed by atoms with E-state index in [9.17, 15) is 4.79 Å². The summed E-state index contributed by atoms with van der Waals surface area (Å²) in [4.78, 5) is 18.5.